The predicted octanol–water partition coefficient (Wildman–Crippen LogP) is 2.16. The molecule has 1 aliphatic rings. The van der Waals surface area contributed by atoms with E-state index in [2.05, 4.69) is 17.6 Å². The lowest BCUT2D eigenvalue weighted by molar-refractivity contribution is 0.525. The first-order valence-corrected chi connectivity index (χ1v) is 6.30. The van der Waals surface area contributed by atoms with E-state index in [1.54, 1.807) is 0 Å². The summed E-state index contributed by atoms with van der Waals surface area (Å²) in [5.74, 6) is 0. The third-order valence-corrected chi connectivity index (χ3v) is 3.80. The Morgan fingerprint density at radius 3 is 3.08 bits per heavy atom. The van der Waals surface area contributed by atoms with Gasteiger partial charge < -0.3 is 5.32 Å². The van der Waals surface area contributed by atoms with Crippen molar-refractivity contribution in [3.05, 3.63) is 0 Å². The quantitative estimate of drug-likeness (QED) is 0.688. The number of thioether (sulfide) groups is 1. The maximum Gasteiger partial charge on any atom is 0.0622 e. The minimum atomic E-state index is 0.684. The summed E-state index contributed by atoms with van der Waals surface area (Å²) in [5, 5.41) is 12.7. The molecule has 0 heterocycles. The van der Waals surface area contributed by atoms with Crippen LogP contribution in [-0.2, 0) is 0 Å². The molecule has 2 nitrogen and oxygen atoms in total. The van der Waals surface area contributed by atoms with Gasteiger partial charge in [-0.25, -0.2) is 0 Å². The highest BCUT2D eigenvalue weighted by atomic mass is 32.2. The largest absolute Gasteiger partial charge is 0.313 e. The minimum absolute atomic E-state index is 0.684. The minimum Gasteiger partial charge on any atom is -0.313 e. The van der Waals surface area contributed by atoms with Crippen LogP contribution in [-0.4, -0.2) is 24.1 Å². The van der Waals surface area contributed by atoms with Crippen LogP contribution >= 0.6 is 11.8 Å². The van der Waals surface area contributed by atoms with Gasteiger partial charge in [-0.05, 0) is 32.1 Å². The van der Waals surface area contributed by atoms with Gasteiger partial charge in [-0.1, -0.05) is 6.42 Å². The SMILES string of the molecule is CSC1CCCC1NCCCC#N. The van der Waals surface area contributed by atoms with Gasteiger partial charge in [-0.2, -0.15) is 17.0 Å². The fourth-order valence-electron chi connectivity index (χ4n) is 1.90. The first-order valence-electron chi connectivity index (χ1n) is 5.01. The van der Waals surface area contributed by atoms with Crippen molar-refractivity contribution in [3.8, 4) is 6.07 Å². The summed E-state index contributed by atoms with van der Waals surface area (Å²) >= 11 is 1.98. The Hall–Kier alpha value is -0.200. The second-order valence-electron chi connectivity index (χ2n) is 3.53. The molecule has 2 atom stereocenters. The molecule has 1 fully saturated rings. The predicted molar refractivity (Wildman–Crippen MR) is 57.8 cm³/mol. The van der Waals surface area contributed by atoms with Gasteiger partial charge in [0, 0.05) is 17.7 Å². The van der Waals surface area contributed by atoms with E-state index in [0.717, 1.165) is 18.2 Å². The smallest absolute Gasteiger partial charge is 0.0622 e. The van der Waals surface area contributed by atoms with Crippen LogP contribution in [0.5, 0.6) is 0 Å². The van der Waals surface area contributed by atoms with Gasteiger partial charge in [0.15, 0.2) is 0 Å². The first kappa shape index (κ1) is 10.9. The van der Waals surface area contributed by atoms with Crippen molar-refractivity contribution in [1.82, 2.24) is 5.32 Å². The monoisotopic (exact) mass is 198 g/mol. The van der Waals surface area contributed by atoms with Crippen molar-refractivity contribution in [1.29, 1.82) is 5.26 Å². The molecule has 1 saturated carbocycles. The average Bonchev–Trinajstić information content (AvgIpc) is 2.60. The second kappa shape index (κ2) is 6.28. The van der Waals surface area contributed by atoms with Gasteiger partial charge in [-0.3, -0.25) is 0 Å². The highest BCUT2D eigenvalue weighted by Gasteiger charge is 2.25. The van der Waals surface area contributed by atoms with Crippen molar-refractivity contribution in [2.45, 2.75) is 43.4 Å². The number of hydrogen-bond acceptors (Lipinski definition) is 3. The van der Waals surface area contributed by atoms with Gasteiger partial charge >= 0.3 is 0 Å². The Morgan fingerprint density at radius 1 is 1.54 bits per heavy atom. The molecule has 0 spiro atoms. The van der Waals surface area contributed by atoms with Gasteiger partial charge in [0.25, 0.3) is 0 Å². The molecule has 74 valence electrons. The standard InChI is InChI=1S/C10H18N2S/c1-13-10-6-4-5-9(10)12-8-3-2-7-11/h9-10,12H,2-6,8H2,1H3. The molecule has 0 aliphatic heterocycles. The van der Waals surface area contributed by atoms with Crippen LogP contribution in [0.4, 0.5) is 0 Å². The molecular weight excluding hydrogens is 180 g/mol. The lowest BCUT2D eigenvalue weighted by atomic mass is 10.2. The van der Waals surface area contributed by atoms with Crippen LogP contribution in [0.15, 0.2) is 0 Å². The lowest BCUT2D eigenvalue weighted by Crippen LogP contribution is -2.34. The van der Waals surface area contributed by atoms with E-state index < -0.39 is 0 Å². The molecular formula is C10H18N2S. The molecule has 0 aromatic carbocycles. The molecule has 1 aliphatic carbocycles. The van der Waals surface area contributed by atoms with Crippen LogP contribution in [0.3, 0.4) is 0 Å². The first-order chi connectivity index (χ1) is 6.38. The Labute approximate surface area is 85.1 Å². The van der Waals surface area contributed by atoms with Crippen LogP contribution in [0.2, 0.25) is 0 Å². The van der Waals surface area contributed by atoms with Crippen molar-refractivity contribution in [3.63, 3.8) is 0 Å². The maximum atomic E-state index is 8.37. The van der Waals surface area contributed by atoms with E-state index in [0.29, 0.717) is 12.5 Å². The molecule has 0 aromatic rings. The number of nitriles is 1. The van der Waals surface area contributed by atoms with Gasteiger partial charge in [0.1, 0.15) is 0 Å². The highest BCUT2D eigenvalue weighted by Crippen LogP contribution is 2.28. The highest BCUT2D eigenvalue weighted by molar-refractivity contribution is 7.99. The van der Waals surface area contributed by atoms with E-state index in [-0.39, 0.29) is 0 Å². The molecule has 2 unspecified atom stereocenters. The molecule has 1 N–H and O–H groups in total. The average molecular weight is 198 g/mol. The topological polar surface area (TPSA) is 35.8 Å². The Bertz CT molecular complexity index is 176. The molecule has 13 heavy (non-hydrogen) atoms. The molecule has 0 amide bonds. The molecule has 0 bridgehead atoms. The summed E-state index contributed by atoms with van der Waals surface area (Å²) in [6.07, 6.45) is 7.91. The van der Waals surface area contributed by atoms with E-state index in [9.17, 15) is 0 Å². The van der Waals surface area contributed by atoms with Gasteiger partial charge in [0.05, 0.1) is 6.07 Å². The number of rotatable bonds is 5. The third-order valence-electron chi connectivity index (χ3n) is 2.63. The summed E-state index contributed by atoms with van der Waals surface area (Å²) in [7, 11) is 0. The van der Waals surface area contributed by atoms with E-state index >= 15 is 0 Å². The van der Waals surface area contributed by atoms with Gasteiger partial charge in [0.2, 0.25) is 0 Å². The summed E-state index contributed by atoms with van der Waals surface area (Å²) in [6, 6.07) is 2.88. The lowest BCUT2D eigenvalue weighted by Gasteiger charge is -2.18. The third kappa shape index (κ3) is 3.58. The fourth-order valence-corrected chi connectivity index (χ4v) is 2.86. The molecule has 1 rings (SSSR count). The summed E-state index contributed by atoms with van der Waals surface area (Å²) in [6.45, 7) is 1.01. The van der Waals surface area contributed by atoms with E-state index in [1.807, 2.05) is 11.8 Å². The van der Waals surface area contributed by atoms with Crippen molar-refractivity contribution in [2.24, 2.45) is 0 Å². The number of nitrogens with one attached hydrogen (secondary N) is 1. The second-order valence-corrected chi connectivity index (χ2v) is 4.60. The van der Waals surface area contributed by atoms with E-state index in [1.165, 1.54) is 19.3 Å². The summed E-state index contributed by atoms with van der Waals surface area (Å²) < 4.78 is 0. The maximum absolute atomic E-state index is 8.37. The Morgan fingerprint density at radius 2 is 2.38 bits per heavy atom. The van der Waals surface area contributed by atoms with Crippen LogP contribution < -0.4 is 5.32 Å². The van der Waals surface area contributed by atoms with Gasteiger partial charge in [-0.15, -0.1) is 0 Å². The van der Waals surface area contributed by atoms with Crippen LogP contribution in [0.25, 0.3) is 0 Å². The zero-order chi connectivity index (χ0) is 9.52. The van der Waals surface area contributed by atoms with E-state index in [4.69, 9.17) is 5.26 Å². The molecule has 0 aromatic heterocycles. The number of unbranched alkanes of at least 4 members (excludes halogenated alkanes) is 1. The Balaban J connectivity index is 2.10. The molecule has 3 heteroatoms. The zero-order valence-electron chi connectivity index (χ0n) is 8.25. The van der Waals surface area contributed by atoms with Crippen LogP contribution in [0.1, 0.15) is 32.1 Å². The Kier molecular flexibility index (Phi) is 5.26. The normalized spacial score (nSPS) is 27.4. The van der Waals surface area contributed by atoms with Crippen molar-refractivity contribution in [2.75, 3.05) is 12.8 Å². The zero-order valence-corrected chi connectivity index (χ0v) is 9.07. The van der Waals surface area contributed by atoms with Crippen molar-refractivity contribution < 1.29 is 0 Å². The summed E-state index contributed by atoms with van der Waals surface area (Å²) in [5.41, 5.74) is 0. The number of nitrogens with zero attached hydrogens (tertiary/aromatic N) is 1. The summed E-state index contributed by atoms with van der Waals surface area (Å²) in [4.78, 5) is 0. The van der Waals surface area contributed by atoms with Crippen LogP contribution in [0, 0.1) is 11.3 Å². The van der Waals surface area contributed by atoms with Crippen molar-refractivity contribution >= 4 is 11.8 Å². The fraction of sp³-hybridized carbons (Fsp3) is 0.900. The molecule has 0 radical (unpaired) electrons. The number of hydrogen-bond donors (Lipinski definition) is 1. The molecule has 0 saturated heterocycles.